The van der Waals surface area contributed by atoms with Crippen LogP contribution in [-0.4, -0.2) is 32.5 Å². The van der Waals surface area contributed by atoms with E-state index in [1.54, 1.807) is 30.9 Å². The molecular formula is C24H20N6O. The third kappa shape index (κ3) is 3.16. The van der Waals surface area contributed by atoms with Crippen LogP contribution in [0.15, 0.2) is 73.4 Å². The van der Waals surface area contributed by atoms with Gasteiger partial charge in [-0.25, -0.2) is 0 Å². The fourth-order valence-corrected chi connectivity index (χ4v) is 3.90. The Bertz CT molecular complexity index is 1460. The monoisotopic (exact) mass is 408 g/mol. The van der Waals surface area contributed by atoms with E-state index >= 15 is 0 Å². The molecule has 7 nitrogen and oxygen atoms in total. The Morgan fingerprint density at radius 1 is 1.03 bits per heavy atom. The second-order valence-corrected chi connectivity index (χ2v) is 7.43. The maximum absolute atomic E-state index is 11.9. The second kappa shape index (κ2) is 7.21. The number of nitrogens with two attached hydrogens (primary N) is 1. The molecular weight excluding hydrogens is 388 g/mol. The molecule has 0 aliphatic carbocycles. The molecule has 5 aromatic rings. The molecule has 1 amide bonds. The van der Waals surface area contributed by atoms with E-state index in [9.17, 15) is 4.79 Å². The molecule has 3 aromatic heterocycles. The van der Waals surface area contributed by atoms with Crippen LogP contribution in [-0.2, 0) is 7.05 Å². The van der Waals surface area contributed by atoms with Crippen molar-refractivity contribution < 1.29 is 4.79 Å². The number of benzene rings is 2. The number of nitrogens with zero attached hydrogens (tertiary/aromatic N) is 5. The summed E-state index contributed by atoms with van der Waals surface area (Å²) in [5.41, 5.74) is 12.2. The first kappa shape index (κ1) is 18.7. The number of hydrogen-bond donors (Lipinski definition) is 1. The zero-order chi connectivity index (χ0) is 21.5. The zero-order valence-corrected chi connectivity index (χ0v) is 17.1. The van der Waals surface area contributed by atoms with Gasteiger partial charge in [0, 0.05) is 55.7 Å². The first-order valence-electron chi connectivity index (χ1n) is 9.81. The molecule has 0 saturated carbocycles. The fraction of sp³-hybridized carbons (Fsp3) is 0.0833. The molecule has 0 aliphatic heterocycles. The number of rotatable bonds is 4. The summed E-state index contributed by atoms with van der Waals surface area (Å²) in [4.78, 5) is 27.1. The molecule has 5 rings (SSSR count). The van der Waals surface area contributed by atoms with Gasteiger partial charge in [0.2, 0.25) is 0 Å². The van der Waals surface area contributed by atoms with Crippen molar-refractivity contribution in [3.63, 3.8) is 0 Å². The molecule has 3 heterocycles. The van der Waals surface area contributed by atoms with Crippen molar-refractivity contribution >= 4 is 39.2 Å². The van der Waals surface area contributed by atoms with Gasteiger partial charge in [-0.15, -0.1) is 0 Å². The minimum absolute atomic E-state index is 0.406. The summed E-state index contributed by atoms with van der Waals surface area (Å²) in [6.07, 6.45) is 8.61. The van der Waals surface area contributed by atoms with Crippen molar-refractivity contribution in [3.8, 4) is 11.1 Å². The number of primary amides is 1. The van der Waals surface area contributed by atoms with Crippen LogP contribution >= 0.6 is 0 Å². The summed E-state index contributed by atoms with van der Waals surface area (Å²) in [5.74, 6) is -0.501. The molecule has 31 heavy (non-hydrogen) atoms. The van der Waals surface area contributed by atoms with E-state index in [1.165, 1.54) is 5.39 Å². The molecule has 0 atom stereocenters. The average Bonchev–Trinajstić information content (AvgIpc) is 3.17. The summed E-state index contributed by atoms with van der Waals surface area (Å²) in [6.45, 7) is 0. The Morgan fingerprint density at radius 3 is 2.71 bits per heavy atom. The normalized spacial score (nSPS) is 11.2. The number of amides is 1. The maximum Gasteiger partial charge on any atom is 0.250 e. The fourth-order valence-electron chi connectivity index (χ4n) is 3.90. The quantitative estimate of drug-likeness (QED) is 0.484. The van der Waals surface area contributed by atoms with E-state index in [1.807, 2.05) is 31.3 Å². The third-order valence-corrected chi connectivity index (χ3v) is 5.57. The van der Waals surface area contributed by atoms with E-state index in [-0.39, 0.29) is 0 Å². The summed E-state index contributed by atoms with van der Waals surface area (Å²) in [6, 6.07) is 14.1. The zero-order valence-electron chi connectivity index (χ0n) is 17.1. The van der Waals surface area contributed by atoms with Gasteiger partial charge in [0.1, 0.15) is 0 Å². The number of anilines is 2. The minimum Gasteiger partial charge on any atom is -0.366 e. The van der Waals surface area contributed by atoms with E-state index in [0.717, 1.165) is 33.4 Å². The van der Waals surface area contributed by atoms with Crippen molar-refractivity contribution in [1.82, 2.24) is 19.5 Å². The topological polar surface area (TPSA) is 89.9 Å². The molecule has 0 aliphatic rings. The summed E-state index contributed by atoms with van der Waals surface area (Å²) in [5, 5.41) is 1.18. The van der Waals surface area contributed by atoms with Gasteiger partial charge in [-0.3, -0.25) is 19.7 Å². The second-order valence-electron chi connectivity index (χ2n) is 7.43. The molecule has 2 aromatic carbocycles. The first-order chi connectivity index (χ1) is 15.0. The number of aromatic nitrogens is 4. The van der Waals surface area contributed by atoms with Gasteiger partial charge in [-0.05, 0) is 41.3 Å². The molecule has 0 unspecified atom stereocenters. The first-order valence-corrected chi connectivity index (χ1v) is 9.81. The highest BCUT2D eigenvalue weighted by atomic mass is 16.1. The highest BCUT2D eigenvalue weighted by Gasteiger charge is 2.17. The van der Waals surface area contributed by atoms with Gasteiger partial charge in [0.15, 0.2) is 0 Å². The SMILES string of the molecule is CN(c1cc(-c2ccc3ccn(C)c3c2)c2nccnc2c1)c1cnccc1C(N)=O. The van der Waals surface area contributed by atoms with E-state index in [0.29, 0.717) is 11.3 Å². The van der Waals surface area contributed by atoms with Crippen molar-refractivity contribution in [3.05, 3.63) is 79.0 Å². The Hall–Kier alpha value is -4.26. The smallest absolute Gasteiger partial charge is 0.250 e. The number of hydrogen-bond acceptors (Lipinski definition) is 5. The summed E-state index contributed by atoms with van der Waals surface area (Å²) >= 11 is 0. The van der Waals surface area contributed by atoms with Gasteiger partial charge in [-0.1, -0.05) is 12.1 Å². The molecule has 0 radical (unpaired) electrons. The van der Waals surface area contributed by atoms with Crippen molar-refractivity contribution in [2.45, 2.75) is 0 Å². The maximum atomic E-state index is 11.9. The van der Waals surface area contributed by atoms with Crippen LogP contribution in [0.5, 0.6) is 0 Å². The van der Waals surface area contributed by atoms with Crippen molar-refractivity contribution in [2.75, 3.05) is 11.9 Å². The largest absolute Gasteiger partial charge is 0.366 e. The van der Waals surface area contributed by atoms with Crippen LogP contribution in [0.2, 0.25) is 0 Å². The molecule has 152 valence electrons. The van der Waals surface area contributed by atoms with E-state index < -0.39 is 5.91 Å². The predicted molar refractivity (Wildman–Crippen MR) is 122 cm³/mol. The Morgan fingerprint density at radius 2 is 1.87 bits per heavy atom. The van der Waals surface area contributed by atoms with Crippen LogP contribution in [0.1, 0.15) is 10.4 Å². The number of pyridine rings is 1. The van der Waals surface area contributed by atoms with Gasteiger partial charge in [-0.2, -0.15) is 0 Å². The number of aryl methyl sites for hydroxylation is 1. The van der Waals surface area contributed by atoms with Crippen LogP contribution in [0.4, 0.5) is 11.4 Å². The molecule has 0 saturated heterocycles. The lowest BCUT2D eigenvalue weighted by Gasteiger charge is -2.22. The molecule has 7 heteroatoms. The molecule has 0 bridgehead atoms. The third-order valence-electron chi connectivity index (χ3n) is 5.57. The van der Waals surface area contributed by atoms with Crippen LogP contribution in [0.25, 0.3) is 33.1 Å². The van der Waals surface area contributed by atoms with Crippen molar-refractivity contribution in [1.29, 1.82) is 0 Å². The van der Waals surface area contributed by atoms with Gasteiger partial charge >= 0.3 is 0 Å². The van der Waals surface area contributed by atoms with E-state index in [2.05, 4.69) is 49.9 Å². The molecule has 0 spiro atoms. The lowest BCUT2D eigenvalue weighted by atomic mass is 10.0. The van der Waals surface area contributed by atoms with Crippen LogP contribution in [0.3, 0.4) is 0 Å². The van der Waals surface area contributed by atoms with Gasteiger partial charge < -0.3 is 15.2 Å². The average molecular weight is 408 g/mol. The Labute approximate surface area is 178 Å². The van der Waals surface area contributed by atoms with Crippen molar-refractivity contribution in [2.24, 2.45) is 12.8 Å². The Balaban J connectivity index is 1.73. The summed E-state index contributed by atoms with van der Waals surface area (Å²) in [7, 11) is 3.91. The number of fused-ring (bicyclic) bond motifs is 2. The summed E-state index contributed by atoms with van der Waals surface area (Å²) < 4.78 is 2.09. The minimum atomic E-state index is -0.501. The highest BCUT2D eigenvalue weighted by Crippen LogP contribution is 2.35. The number of carbonyl (C=O) groups excluding carboxylic acids is 1. The van der Waals surface area contributed by atoms with Gasteiger partial charge in [0.05, 0.1) is 28.5 Å². The van der Waals surface area contributed by atoms with Crippen LogP contribution < -0.4 is 10.6 Å². The molecule has 2 N–H and O–H groups in total. The van der Waals surface area contributed by atoms with Crippen LogP contribution in [0, 0.1) is 0 Å². The highest BCUT2D eigenvalue weighted by molar-refractivity contribution is 6.01. The predicted octanol–water partition coefficient (Wildman–Crippen LogP) is 4.05. The number of carbonyl (C=O) groups is 1. The van der Waals surface area contributed by atoms with E-state index in [4.69, 9.17) is 5.73 Å². The lowest BCUT2D eigenvalue weighted by molar-refractivity contribution is 0.100. The molecule has 0 fully saturated rings. The van der Waals surface area contributed by atoms with Gasteiger partial charge in [0.25, 0.3) is 5.91 Å². The lowest BCUT2D eigenvalue weighted by Crippen LogP contribution is -2.18. The standard InChI is InChI=1S/C24H20N6O/c1-29-10-6-15-3-4-16(11-21(15)29)19-12-17(13-20-23(19)28-9-8-27-20)30(2)22-14-26-7-5-18(22)24(25)31/h3-14H,1-2H3,(H2,25,31). The Kier molecular flexibility index (Phi) is 4.36.